The van der Waals surface area contributed by atoms with Crippen molar-refractivity contribution in [1.82, 2.24) is 4.98 Å². The average Bonchev–Trinajstić information content (AvgIpc) is 2.35. The van der Waals surface area contributed by atoms with Gasteiger partial charge in [-0.1, -0.05) is 0 Å². The van der Waals surface area contributed by atoms with E-state index >= 15 is 0 Å². The van der Waals surface area contributed by atoms with Crippen molar-refractivity contribution in [2.45, 2.75) is 25.8 Å². The Morgan fingerprint density at radius 3 is 2.84 bits per heavy atom. The molecule has 8 nitrogen and oxygen atoms in total. The molecule has 0 aromatic carbocycles. The number of nitrogens with zero attached hydrogens (tertiary/aromatic N) is 2. The van der Waals surface area contributed by atoms with Crippen LogP contribution >= 0.6 is 0 Å². The zero-order chi connectivity index (χ0) is 14.4. The lowest BCUT2D eigenvalue weighted by Crippen LogP contribution is -2.17. The fourth-order valence-electron chi connectivity index (χ4n) is 1.57. The third-order valence-electron chi connectivity index (χ3n) is 2.50. The van der Waals surface area contributed by atoms with Crippen LogP contribution in [-0.4, -0.2) is 38.7 Å². The van der Waals surface area contributed by atoms with Gasteiger partial charge >= 0.3 is 11.7 Å². The maximum absolute atomic E-state index is 10.9. The number of carboxylic acid groups (broad SMARTS) is 1. The number of hydrogen-bond donors (Lipinski definition) is 3. The maximum atomic E-state index is 10.9. The molecule has 1 heterocycles. The fraction of sp³-hybridized carbons (Fsp3) is 0.455. The number of nitrogens with one attached hydrogen (secondary N) is 1. The Balaban J connectivity index is 2.90. The highest BCUT2D eigenvalue weighted by atomic mass is 16.6. The molecule has 19 heavy (non-hydrogen) atoms. The van der Waals surface area contributed by atoms with Crippen LogP contribution in [0.2, 0.25) is 0 Å². The van der Waals surface area contributed by atoms with Gasteiger partial charge in [-0.2, -0.15) is 0 Å². The Bertz CT molecular complexity index is 477. The third-order valence-corrected chi connectivity index (χ3v) is 2.50. The summed E-state index contributed by atoms with van der Waals surface area (Å²) in [6.07, 6.45) is 2.20. The van der Waals surface area contributed by atoms with E-state index in [0.717, 1.165) is 12.3 Å². The van der Waals surface area contributed by atoms with Gasteiger partial charge in [-0.15, -0.1) is 0 Å². The quantitative estimate of drug-likeness (QED) is 0.502. The monoisotopic (exact) mass is 269 g/mol. The molecule has 1 aromatic rings. The molecule has 8 heteroatoms. The second-order valence-corrected chi connectivity index (χ2v) is 4.06. The normalized spacial score (nSPS) is 11.9. The van der Waals surface area contributed by atoms with Gasteiger partial charge in [-0.25, -0.2) is 9.78 Å². The minimum Gasteiger partial charge on any atom is -0.477 e. The Morgan fingerprint density at radius 2 is 2.32 bits per heavy atom. The van der Waals surface area contributed by atoms with Crippen LogP contribution in [-0.2, 0) is 0 Å². The molecule has 0 aliphatic heterocycles. The smallest absolute Gasteiger partial charge is 0.342 e. The van der Waals surface area contributed by atoms with Crippen LogP contribution in [0.4, 0.5) is 11.5 Å². The van der Waals surface area contributed by atoms with Crippen molar-refractivity contribution in [3.63, 3.8) is 0 Å². The van der Waals surface area contributed by atoms with E-state index in [0.29, 0.717) is 12.8 Å². The van der Waals surface area contributed by atoms with Gasteiger partial charge in [0.05, 0.1) is 4.92 Å². The Morgan fingerprint density at radius 1 is 1.63 bits per heavy atom. The van der Waals surface area contributed by atoms with Crippen molar-refractivity contribution in [2.24, 2.45) is 0 Å². The van der Waals surface area contributed by atoms with Gasteiger partial charge < -0.3 is 15.5 Å². The van der Waals surface area contributed by atoms with Gasteiger partial charge in [0, 0.05) is 18.7 Å². The van der Waals surface area contributed by atoms with Crippen LogP contribution in [0.5, 0.6) is 0 Å². The highest BCUT2D eigenvalue weighted by Crippen LogP contribution is 2.20. The molecule has 0 fully saturated rings. The Hall–Kier alpha value is -2.22. The number of aliphatic hydroxyl groups is 1. The molecule has 0 amide bonds. The summed E-state index contributed by atoms with van der Waals surface area (Å²) in [7, 11) is 0. The minimum absolute atomic E-state index is 0.0252. The summed E-state index contributed by atoms with van der Waals surface area (Å²) in [4.78, 5) is 24.6. The summed E-state index contributed by atoms with van der Waals surface area (Å²) in [5.41, 5.74) is -0.946. The van der Waals surface area contributed by atoms with Gasteiger partial charge in [-0.3, -0.25) is 10.1 Å². The molecule has 0 bridgehead atoms. The number of aliphatic hydroxyl groups excluding tert-OH is 1. The molecule has 104 valence electrons. The predicted octanol–water partition coefficient (Wildman–Crippen LogP) is 1.26. The van der Waals surface area contributed by atoms with Crippen molar-refractivity contribution in [3.8, 4) is 0 Å². The lowest BCUT2D eigenvalue weighted by molar-refractivity contribution is -0.385. The van der Waals surface area contributed by atoms with E-state index in [4.69, 9.17) is 10.2 Å². The highest BCUT2D eigenvalue weighted by Gasteiger charge is 2.21. The first kappa shape index (κ1) is 14.8. The number of aromatic carboxylic acids is 1. The number of carbonyl (C=O) groups is 1. The summed E-state index contributed by atoms with van der Waals surface area (Å²) in [6, 6.07) is 1.11. The summed E-state index contributed by atoms with van der Waals surface area (Å²) >= 11 is 0. The molecular weight excluding hydrogens is 254 g/mol. The molecule has 1 rings (SSSR count). The Labute approximate surface area is 109 Å². The van der Waals surface area contributed by atoms with Crippen LogP contribution < -0.4 is 5.32 Å². The van der Waals surface area contributed by atoms with E-state index in [1.807, 2.05) is 6.92 Å². The van der Waals surface area contributed by atoms with Gasteiger partial charge in [0.25, 0.3) is 0 Å². The summed E-state index contributed by atoms with van der Waals surface area (Å²) in [5, 5.41) is 31.2. The average molecular weight is 269 g/mol. The number of anilines is 1. The number of aromatic nitrogens is 1. The number of hydrogen-bond acceptors (Lipinski definition) is 6. The molecule has 1 atom stereocenters. The standard InChI is InChI=1S/C11H15N3O5/c1-7(3-2-4-15)13-10-5-8(11(16)17)9(6-12-10)14(18)19/h5-7,15H,2-4H2,1H3,(H,12,13)(H,16,17). The SMILES string of the molecule is CC(CCCO)Nc1cc(C(=O)O)c([N+](=O)[O-])cn1. The van der Waals surface area contributed by atoms with Crippen LogP contribution in [0, 0.1) is 10.1 Å². The summed E-state index contributed by atoms with van der Waals surface area (Å²) in [6.45, 7) is 1.92. The van der Waals surface area contributed by atoms with E-state index in [1.165, 1.54) is 0 Å². The van der Waals surface area contributed by atoms with E-state index in [-0.39, 0.29) is 18.5 Å². The number of rotatable bonds is 7. The van der Waals surface area contributed by atoms with Crippen molar-refractivity contribution < 1.29 is 19.9 Å². The largest absolute Gasteiger partial charge is 0.477 e. The van der Waals surface area contributed by atoms with Crippen molar-refractivity contribution in [1.29, 1.82) is 0 Å². The van der Waals surface area contributed by atoms with Gasteiger partial charge in [0.2, 0.25) is 0 Å². The molecule has 1 unspecified atom stereocenters. The van der Waals surface area contributed by atoms with E-state index in [2.05, 4.69) is 10.3 Å². The molecule has 0 saturated carbocycles. The second-order valence-electron chi connectivity index (χ2n) is 4.06. The molecule has 0 aliphatic rings. The number of pyridine rings is 1. The minimum atomic E-state index is -1.37. The molecule has 0 saturated heterocycles. The molecule has 0 radical (unpaired) electrons. The number of nitro groups is 1. The van der Waals surface area contributed by atoms with E-state index in [9.17, 15) is 14.9 Å². The first-order valence-corrected chi connectivity index (χ1v) is 5.70. The third kappa shape index (κ3) is 4.18. The topological polar surface area (TPSA) is 126 Å². The maximum Gasteiger partial charge on any atom is 0.342 e. The second kappa shape index (κ2) is 6.64. The van der Waals surface area contributed by atoms with Crippen molar-refractivity contribution in [3.05, 3.63) is 27.9 Å². The molecule has 0 spiro atoms. The van der Waals surface area contributed by atoms with Crippen molar-refractivity contribution >= 4 is 17.5 Å². The Kier molecular flexibility index (Phi) is 5.19. The lowest BCUT2D eigenvalue weighted by atomic mass is 10.2. The zero-order valence-electron chi connectivity index (χ0n) is 10.4. The first-order chi connectivity index (χ1) is 8.95. The summed E-state index contributed by atoms with van der Waals surface area (Å²) in [5.74, 6) is -1.12. The van der Waals surface area contributed by atoms with Crippen molar-refractivity contribution in [2.75, 3.05) is 11.9 Å². The van der Waals surface area contributed by atoms with E-state index in [1.54, 1.807) is 0 Å². The van der Waals surface area contributed by atoms with Gasteiger partial charge in [0.1, 0.15) is 17.6 Å². The molecule has 0 aliphatic carbocycles. The van der Waals surface area contributed by atoms with Crippen LogP contribution in [0.1, 0.15) is 30.1 Å². The fourth-order valence-corrected chi connectivity index (χ4v) is 1.57. The molecule has 3 N–H and O–H groups in total. The lowest BCUT2D eigenvalue weighted by Gasteiger charge is -2.13. The van der Waals surface area contributed by atoms with Crippen LogP contribution in [0.3, 0.4) is 0 Å². The molecular formula is C11H15N3O5. The van der Waals surface area contributed by atoms with E-state index < -0.39 is 22.1 Å². The predicted molar refractivity (Wildman–Crippen MR) is 67.3 cm³/mol. The first-order valence-electron chi connectivity index (χ1n) is 5.70. The van der Waals surface area contributed by atoms with Gasteiger partial charge in [-0.05, 0) is 19.8 Å². The highest BCUT2D eigenvalue weighted by molar-refractivity contribution is 5.93. The van der Waals surface area contributed by atoms with Crippen LogP contribution in [0.25, 0.3) is 0 Å². The molecule has 1 aromatic heterocycles. The summed E-state index contributed by atoms with van der Waals surface area (Å²) < 4.78 is 0. The van der Waals surface area contributed by atoms with Crippen LogP contribution in [0.15, 0.2) is 12.3 Å². The van der Waals surface area contributed by atoms with Gasteiger partial charge in [0.15, 0.2) is 0 Å². The number of carboxylic acids is 1. The zero-order valence-corrected chi connectivity index (χ0v) is 10.4.